The molecule has 0 bridgehead atoms. The molecular weight excluding hydrogens is 292 g/mol. The first kappa shape index (κ1) is 13.0. The van der Waals surface area contributed by atoms with Crippen LogP contribution in [-0.4, -0.2) is 10.4 Å². The van der Waals surface area contributed by atoms with Crippen LogP contribution in [0.2, 0.25) is 0 Å². The molecule has 0 saturated carbocycles. The number of alkyl halides is 1. The number of phenols is 1. The number of hydrogen-bond acceptors (Lipinski definition) is 2. The largest absolute Gasteiger partial charge is 0.508 e. The maximum absolute atomic E-state index is 9.82. The van der Waals surface area contributed by atoms with Crippen LogP contribution in [0.15, 0.2) is 48.5 Å². The highest BCUT2D eigenvalue weighted by atomic mass is 79.9. The molecule has 18 heavy (non-hydrogen) atoms. The Morgan fingerprint density at radius 2 is 1.83 bits per heavy atom. The second kappa shape index (κ2) is 6.45. The van der Waals surface area contributed by atoms with E-state index < -0.39 is 0 Å². The first-order valence-corrected chi connectivity index (χ1v) is 6.96. The topological polar surface area (TPSA) is 29.5 Å². The quantitative estimate of drug-likeness (QED) is 0.849. The monoisotopic (exact) mass is 306 g/mol. The molecule has 1 N–H and O–H groups in total. The molecule has 2 aromatic rings. The highest BCUT2D eigenvalue weighted by Gasteiger charge is 2.03. The van der Waals surface area contributed by atoms with Crippen molar-refractivity contribution < 1.29 is 9.84 Å². The summed E-state index contributed by atoms with van der Waals surface area (Å²) in [6.07, 6.45) is 0.810. The zero-order valence-electron chi connectivity index (χ0n) is 9.97. The van der Waals surface area contributed by atoms with Gasteiger partial charge in [0.25, 0.3) is 0 Å². The van der Waals surface area contributed by atoms with Gasteiger partial charge in [0.15, 0.2) is 0 Å². The van der Waals surface area contributed by atoms with Gasteiger partial charge in [-0.3, -0.25) is 0 Å². The van der Waals surface area contributed by atoms with Gasteiger partial charge in [-0.25, -0.2) is 0 Å². The highest BCUT2D eigenvalue weighted by molar-refractivity contribution is 9.09. The van der Waals surface area contributed by atoms with Crippen molar-refractivity contribution in [2.24, 2.45) is 0 Å². The van der Waals surface area contributed by atoms with E-state index >= 15 is 0 Å². The molecule has 0 amide bonds. The highest BCUT2D eigenvalue weighted by Crippen LogP contribution is 2.25. The van der Waals surface area contributed by atoms with Gasteiger partial charge in [-0.15, -0.1) is 0 Å². The normalized spacial score (nSPS) is 10.3. The van der Waals surface area contributed by atoms with E-state index in [1.165, 1.54) is 0 Å². The Hall–Kier alpha value is -1.48. The Morgan fingerprint density at radius 3 is 2.50 bits per heavy atom. The Bertz CT molecular complexity index is 497. The smallest absolute Gasteiger partial charge is 0.123 e. The molecule has 2 aromatic carbocycles. The summed E-state index contributed by atoms with van der Waals surface area (Å²) in [5, 5.41) is 10.7. The molecule has 0 aliphatic heterocycles. The van der Waals surface area contributed by atoms with Crippen molar-refractivity contribution in [3.63, 3.8) is 0 Å². The molecule has 0 saturated heterocycles. The molecule has 0 aliphatic rings. The van der Waals surface area contributed by atoms with Crippen LogP contribution in [0.25, 0.3) is 0 Å². The van der Waals surface area contributed by atoms with E-state index in [0.29, 0.717) is 18.1 Å². The van der Waals surface area contributed by atoms with Gasteiger partial charge in [-0.2, -0.15) is 0 Å². The summed E-state index contributed by atoms with van der Waals surface area (Å²) >= 11 is 3.36. The summed E-state index contributed by atoms with van der Waals surface area (Å²) < 4.78 is 5.63. The van der Waals surface area contributed by atoms with Crippen LogP contribution >= 0.6 is 15.9 Å². The first-order chi connectivity index (χ1) is 8.79. The summed E-state index contributed by atoms with van der Waals surface area (Å²) in [5.74, 6) is 0.981. The van der Waals surface area contributed by atoms with Gasteiger partial charge in [0, 0.05) is 11.4 Å². The van der Waals surface area contributed by atoms with Gasteiger partial charge in [0.05, 0.1) is 0 Å². The molecule has 2 rings (SSSR count). The van der Waals surface area contributed by atoms with Crippen LogP contribution in [-0.2, 0) is 13.0 Å². The van der Waals surface area contributed by atoms with Gasteiger partial charge < -0.3 is 9.84 Å². The predicted molar refractivity (Wildman–Crippen MR) is 76.4 cm³/mol. The number of rotatable bonds is 5. The Morgan fingerprint density at radius 1 is 1.06 bits per heavy atom. The minimum absolute atomic E-state index is 0.292. The van der Waals surface area contributed by atoms with E-state index in [1.807, 2.05) is 42.5 Å². The lowest BCUT2D eigenvalue weighted by Gasteiger charge is -2.08. The van der Waals surface area contributed by atoms with Gasteiger partial charge in [0.2, 0.25) is 0 Å². The zero-order chi connectivity index (χ0) is 12.8. The molecule has 0 fully saturated rings. The summed E-state index contributed by atoms with van der Waals surface area (Å²) in [5.41, 5.74) is 2.04. The average Bonchev–Trinajstić information content (AvgIpc) is 2.41. The van der Waals surface area contributed by atoms with Crippen molar-refractivity contribution in [1.29, 1.82) is 0 Å². The van der Waals surface area contributed by atoms with Crippen LogP contribution in [0.5, 0.6) is 11.5 Å². The number of halogens is 1. The maximum Gasteiger partial charge on any atom is 0.123 e. The number of benzene rings is 2. The first-order valence-electron chi connectivity index (χ1n) is 5.84. The van der Waals surface area contributed by atoms with Crippen molar-refractivity contribution >= 4 is 15.9 Å². The van der Waals surface area contributed by atoms with E-state index in [0.717, 1.165) is 22.9 Å². The van der Waals surface area contributed by atoms with Crippen LogP contribution in [0.1, 0.15) is 11.1 Å². The number of ether oxygens (including phenoxy) is 1. The van der Waals surface area contributed by atoms with Crippen LogP contribution in [0.3, 0.4) is 0 Å². The number of aromatic hydroxyl groups is 1. The fourth-order valence-corrected chi connectivity index (χ4v) is 2.11. The van der Waals surface area contributed by atoms with Gasteiger partial charge in [0.1, 0.15) is 18.1 Å². The Labute approximate surface area is 115 Å². The van der Waals surface area contributed by atoms with Crippen molar-refractivity contribution in [1.82, 2.24) is 0 Å². The van der Waals surface area contributed by atoms with Gasteiger partial charge in [-0.05, 0) is 23.6 Å². The van der Waals surface area contributed by atoms with E-state index in [1.54, 1.807) is 6.07 Å². The van der Waals surface area contributed by atoms with Crippen LogP contribution in [0, 0.1) is 0 Å². The lowest BCUT2D eigenvalue weighted by atomic mass is 10.1. The SMILES string of the molecule is Oc1cc(OCc2ccccc2)ccc1CCBr. The molecule has 0 aromatic heterocycles. The molecule has 0 atom stereocenters. The summed E-state index contributed by atoms with van der Waals surface area (Å²) in [7, 11) is 0. The second-order valence-electron chi connectivity index (χ2n) is 4.00. The minimum Gasteiger partial charge on any atom is -0.508 e. The molecular formula is C15H15BrO2. The van der Waals surface area contributed by atoms with Crippen molar-refractivity contribution in [2.75, 3.05) is 5.33 Å². The van der Waals surface area contributed by atoms with Gasteiger partial charge >= 0.3 is 0 Å². The minimum atomic E-state index is 0.292. The standard InChI is InChI=1S/C15H15BrO2/c16-9-8-13-6-7-14(10-15(13)17)18-11-12-4-2-1-3-5-12/h1-7,10,17H,8-9,11H2. The number of aryl methyl sites for hydroxylation is 1. The molecule has 0 spiro atoms. The van der Waals surface area contributed by atoms with E-state index in [-0.39, 0.29) is 0 Å². The zero-order valence-corrected chi connectivity index (χ0v) is 11.6. The van der Waals surface area contributed by atoms with Crippen LogP contribution in [0.4, 0.5) is 0 Å². The number of phenolic OH excluding ortho intramolecular Hbond substituents is 1. The third-order valence-corrected chi connectivity index (χ3v) is 3.07. The Balaban J connectivity index is 2.00. The fourth-order valence-electron chi connectivity index (χ4n) is 1.69. The summed E-state index contributed by atoms with van der Waals surface area (Å²) in [6.45, 7) is 0.512. The number of hydrogen-bond donors (Lipinski definition) is 1. The maximum atomic E-state index is 9.82. The lowest BCUT2D eigenvalue weighted by molar-refractivity contribution is 0.304. The fraction of sp³-hybridized carbons (Fsp3) is 0.200. The molecule has 94 valence electrons. The van der Waals surface area contributed by atoms with Gasteiger partial charge in [-0.1, -0.05) is 52.3 Å². The summed E-state index contributed by atoms with van der Waals surface area (Å²) in [4.78, 5) is 0. The molecule has 3 heteroatoms. The van der Waals surface area contributed by atoms with E-state index in [2.05, 4.69) is 15.9 Å². The molecule has 0 heterocycles. The molecule has 2 nitrogen and oxygen atoms in total. The van der Waals surface area contributed by atoms with Crippen molar-refractivity contribution in [3.8, 4) is 11.5 Å². The summed E-state index contributed by atoms with van der Waals surface area (Å²) in [6, 6.07) is 15.4. The third kappa shape index (κ3) is 3.50. The third-order valence-electron chi connectivity index (χ3n) is 2.67. The van der Waals surface area contributed by atoms with E-state index in [9.17, 15) is 5.11 Å². The molecule has 0 aliphatic carbocycles. The second-order valence-corrected chi connectivity index (χ2v) is 4.80. The predicted octanol–water partition coefficient (Wildman–Crippen LogP) is 3.91. The average molecular weight is 307 g/mol. The van der Waals surface area contributed by atoms with Crippen LogP contribution < -0.4 is 4.74 Å². The Kier molecular flexibility index (Phi) is 4.65. The van der Waals surface area contributed by atoms with Crippen molar-refractivity contribution in [3.05, 3.63) is 59.7 Å². The lowest BCUT2D eigenvalue weighted by Crippen LogP contribution is -1.95. The van der Waals surface area contributed by atoms with Crippen molar-refractivity contribution in [2.45, 2.75) is 13.0 Å². The molecule has 0 radical (unpaired) electrons. The van der Waals surface area contributed by atoms with E-state index in [4.69, 9.17) is 4.74 Å². The molecule has 0 unspecified atom stereocenters.